The summed E-state index contributed by atoms with van der Waals surface area (Å²) >= 11 is 0. The van der Waals surface area contributed by atoms with Crippen molar-refractivity contribution in [3.05, 3.63) is 36.0 Å². The molecule has 3 heterocycles. The maximum absolute atomic E-state index is 5.52. The lowest BCUT2D eigenvalue weighted by atomic mass is 10.0. The van der Waals surface area contributed by atoms with Crippen molar-refractivity contribution in [1.29, 1.82) is 0 Å². The first-order valence-electron chi connectivity index (χ1n) is 12.0. The summed E-state index contributed by atoms with van der Waals surface area (Å²) in [5, 5.41) is 15.3. The summed E-state index contributed by atoms with van der Waals surface area (Å²) in [4.78, 5) is 5.02. The molecule has 1 aliphatic carbocycles. The molecule has 2 aliphatic rings. The van der Waals surface area contributed by atoms with Crippen molar-refractivity contribution in [1.82, 2.24) is 14.6 Å². The minimum Gasteiger partial charge on any atom is -0.388 e. The molecule has 3 aromatic rings. The molecule has 1 saturated carbocycles. The zero-order valence-corrected chi connectivity index (χ0v) is 19.2. The van der Waals surface area contributed by atoms with Crippen LogP contribution in [0.5, 0.6) is 0 Å². The summed E-state index contributed by atoms with van der Waals surface area (Å²) in [5.74, 6) is 2.56. The highest BCUT2D eigenvalue weighted by Gasteiger charge is 2.19. The second-order valence-corrected chi connectivity index (χ2v) is 9.16. The molecule has 1 aliphatic heterocycles. The van der Waals surface area contributed by atoms with Crippen molar-refractivity contribution >= 4 is 23.0 Å². The van der Waals surface area contributed by atoms with Crippen molar-refractivity contribution in [2.45, 2.75) is 51.5 Å². The van der Waals surface area contributed by atoms with Crippen LogP contribution in [0.1, 0.15) is 44.1 Å². The molecule has 7 heteroatoms. The number of hydrogen-bond donors (Lipinski definition) is 3. The summed E-state index contributed by atoms with van der Waals surface area (Å²) in [5.41, 5.74) is 5.43. The van der Waals surface area contributed by atoms with Crippen LogP contribution in [0.25, 0.3) is 16.8 Å². The van der Waals surface area contributed by atoms with Gasteiger partial charge in [0.05, 0.1) is 6.20 Å². The lowest BCUT2D eigenvalue weighted by Crippen LogP contribution is -2.23. The van der Waals surface area contributed by atoms with E-state index in [9.17, 15) is 0 Å². The van der Waals surface area contributed by atoms with Gasteiger partial charge >= 0.3 is 0 Å². The highest BCUT2D eigenvalue weighted by molar-refractivity contribution is 5.81. The number of hydrogen-bond acceptors (Lipinski definition) is 6. The molecule has 0 spiro atoms. The van der Waals surface area contributed by atoms with Crippen LogP contribution in [-0.2, 0) is 4.74 Å². The molecule has 170 valence electrons. The van der Waals surface area contributed by atoms with E-state index < -0.39 is 0 Å². The van der Waals surface area contributed by atoms with Gasteiger partial charge in [-0.1, -0.05) is 18.9 Å². The third-order valence-electron chi connectivity index (χ3n) is 6.90. The van der Waals surface area contributed by atoms with Gasteiger partial charge in [-0.25, -0.2) is 4.98 Å². The van der Waals surface area contributed by atoms with Gasteiger partial charge in [-0.15, -0.1) is 0 Å². The van der Waals surface area contributed by atoms with E-state index >= 15 is 0 Å². The number of benzene rings is 1. The number of aryl methyl sites for hydroxylation is 1. The van der Waals surface area contributed by atoms with Crippen LogP contribution in [0.4, 0.5) is 17.3 Å². The second kappa shape index (κ2) is 9.36. The fourth-order valence-corrected chi connectivity index (χ4v) is 4.96. The van der Waals surface area contributed by atoms with Gasteiger partial charge in [0.15, 0.2) is 5.65 Å². The number of rotatable bonds is 7. The average Bonchev–Trinajstić information content (AvgIpc) is 3.48. The Balaban J connectivity index is 1.50. The summed E-state index contributed by atoms with van der Waals surface area (Å²) in [6.45, 7) is 4.78. The van der Waals surface area contributed by atoms with Crippen LogP contribution in [-0.4, -0.2) is 47.4 Å². The van der Waals surface area contributed by atoms with E-state index in [0.29, 0.717) is 12.0 Å². The van der Waals surface area contributed by atoms with Crippen molar-refractivity contribution in [3.63, 3.8) is 0 Å². The van der Waals surface area contributed by atoms with Gasteiger partial charge in [-0.2, -0.15) is 9.61 Å². The first-order valence-corrected chi connectivity index (χ1v) is 12.0. The van der Waals surface area contributed by atoms with Crippen LogP contribution in [0, 0.1) is 12.8 Å². The molecule has 2 fully saturated rings. The number of ether oxygens (including phenoxy) is 1. The minimum atomic E-state index is 0.511. The molecule has 5 rings (SSSR count). The third-order valence-corrected chi connectivity index (χ3v) is 6.90. The largest absolute Gasteiger partial charge is 0.388 e. The number of fused-ring (bicyclic) bond motifs is 1. The molecule has 2 aromatic heterocycles. The Kier molecular flexibility index (Phi) is 6.17. The molecule has 7 nitrogen and oxygen atoms in total. The molecule has 0 unspecified atom stereocenters. The third kappa shape index (κ3) is 4.39. The average molecular weight is 435 g/mol. The van der Waals surface area contributed by atoms with Crippen molar-refractivity contribution in [2.24, 2.45) is 5.92 Å². The van der Waals surface area contributed by atoms with Gasteiger partial charge in [0, 0.05) is 50.2 Å². The monoisotopic (exact) mass is 434 g/mol. The van der Waals surface area contributed by atoms with E-state index in [0.717, 1.165) is 66.7 Å². The Labute approximate surface area is 190 Å². The first-order chi connectivity index (χ1) is 15.7. The lowest BCUT2D eigenvalue weighted by Gasteiger charge is -2.23. The van der Waals surface area contributed by atoms with E-state index in [4.69, 9.17) is 14.8 Å². The van der Waals surface area contributed by atoms with Gasteiger partial charge in [-0.3, -0.25) is 0 Å². The van der Waals surface area contributed by atoms with Gasteiger partial charge in [0.2, 0.25) is 0 Å². The molecule has 0 radical (unpaired) electrons. The Morgan fingerprint density at radius 2 is 1.91 bits per heavy atom. The van der Waals surface area contributed by atoms with Crippen molar-refractivity contribution in [3.8, 4) is 11.1 Å². The van der Waals surface area contributed by atoms with Gasteiger partial charge in [-0.05, 0) is 61.8 Å². The molecule has 0 amide bonds. The van der Waals surface area contributed by atoms with Gasteiger partial charge < -0.3 is 20.7 Å². The van der Waals surface area contributed by atoms with Crippen LogP contribution in [0.3, 0.4) is 0 Å². The zero-order chi connectivity index (χ0) is 21.9. The molecule has 1 aromatic carbocycles. The van der Waals surface area contributed by atoms with Crippen LogP contribution in [0.15, 0.2) is 30.5 Å². The number of aromatic nitrogens is 3. The first kappa shape index (κ1) is 21.1. The summed E-state index contributed by atoms with van der Waals surface area (Å²) in [6, 6.07) is 9.10. The quantitative estimate of drug-likeness (QED) is 0.489. The normalized spacial score (nSPS) is 17.7. The van der Waals surface area contributed by atoms with E-state index in [2.05, 4.69) is 47.1 Å². The predicted octanol–water partition coefficient (Wildman–Crippen LogP) is 4.94. The molecular weight excluding hydrogens is 400 g/mol. The highest BCUT2D eigenvalue weighted by Crippen LogP contribution is 2.31. The lowest BCUT2D eigenvalue weighted by molar-refractivity contribution is 0.0699. The summed E-state index contributed by atoms with van der Waals surface area (Å²) in [6.07, 6.45) is 9.18. The molecule has 0 bridgehead atoms. The fraction of sp³-hybridized carbons (Fsp3) is 0.520. The Bertz CT molecular complexity index is 1070. The zero-order valence-electron chi connectivity index (χ0n) is 19.2. The van der Waals surface area contributed by atoms with Gasteiger partial charge in [0.25, 0.3) is 0 Å². The molecule has 0 atom stereocenters. The van der Waals surface area contributed by atoms with E-state index in [1.54, 1.807) is 0 Å². The second-order valence-electron chi connectivity index (χ2n) is 9.16. The Morgan fingerprint density at radius 1 is 1.09 bits per heavy atom. The predicted molar refractivity (Wildman–Crippen MR) is 131 cm³/mol. The number of nitrogens with zero attached hydrogens (tertiary/aromatic N) is 3. The highest BCUT2D eigenvalue weighted by atomic mass is 16.5. The van der Waals surface area contributed by atoms with Crippen molar-refractivity contribution < 1.29 is 4.74 Å². The Hall–Kier alpha value is -2.80. The maximum atomic E-state index is 5.52. The smallest absolute Gasteiger partial charge is 0.167 e. The number of nitrogens with one attached hydrogen (secondary N) is 3. The van der Waals surface area contributed by atoms with Crippen LogP contribution in [0.2, 0.25) is 0 Å². The molecule has 32 heavy (non-hydrogen) atoms. The van der Waals surface area contributed by atoms with Gasteiger partial charge in [0.1, 0.15) is 11.6 Å². The Morgan fingerprint density at radius 3 is 2.66 bits per heavy atom. The number of anilines is 3. The summed E-state index contributed by atoms with van der Waals surface area (Å²) < 4.78 is 7.48. The SMILES string of the molecule is CNc1ccc(-c2cnn3c(NCC4CCOCC4)cc(NC4CCCC4)nc23)cc1C. The van der Waals surface area contributed by atoms with Crippen LogP contribution < -0.4 is 16.0 Å². The summed E-state index contributed by atoms with van der Waals surface area (Å²) in [7, 11) is 1.95. The fourth-order valence-electron chi connectivity index (χ4n) is 4.96. The molecular formula is C25H34N6O. The molecule has 1 saturated heterocycles. The van der Waals surface area contributed by atoms with Crippen molar-refractivity contribution in [2.75, 3.05) is 42.8 Å². The maximum Gasteiger partial charge on any atom is 0.167 e. The van der Waals surface area contributed by atoms with E-state index in [1.807, 2.05) is 17.8 Å². The van der Waals surface area contributed by atoms with E-state index in [-0.39, 0.29) is 0 Å². The molecule has 3 N–H and O–H groups in total. The topological polar surface area (TPSA) is 75.5 Å². The van der Waals surface area contributed by atoms with Crippen LogP contribution >= 0.6 is 0 Å². The standard InChI is InChI=1S/C25H34N6O/c1-17-13-19(7-8-22(17)26-2)21-16-28-31-24(27-15-18-9-11-32-12-10-18)14-23(30-25(21)31)29-20-5-3-4-6-20/h7-8,13-14,16,18,20,26-27H,3-6,9-12,15H2,1-2H3,(H,29,30). The minimum absolute atomic E-state index is 0.511. The van der Waals surface area contributed by atoms with E-state index in [1.165, 1.54) is 31.2 Å².